The summed E-state index contributed by atoms with van der Waals surface area (Å²) in [6.07, 6.45) is 0.594. The van der Waals surface area contributed by atoms with E-state index in [1.165, 1.54) is 37.1 Å². The van der Waals surface area contributed by atoms with Crippen molar-refractivity contribution in [2.75, 3.05) is 12.4 Å². The molecule has 1 amide bonds. The highest BCUT2D eigenvalue weighted by molar-refractivity contribution is 8.00. The average Bonchev–Trinajstić information content (AvgIpc) is 2.60. The minimum absolute atomic E-state index is 0.116. The molecular weight excluding hydrogens is 364 g/mol. The number of halogens is 1. The van der Waals surface area contributed by atoms with Crippen LogP contribution in [0.25, 0.3) is 0 Å². The second kappa shape index (κ2) is 8.73. The Balaban J connectivity index is 2.17. The molecule has 0 radical (unpaired) electrons. The maximum absolute atomic E-state index is 12.6. The summed E-state index contributed by atoms with van der Waals surface area (Å²) in [4.78, 5) is 23.9. The van der Waals surface area contributed by atoms with Crippen molar-refractivity contribution in [3.63, 3.8) is 0 Å². The number of ether oxygens (including phenoxy) is 1. The topological polar surface area (TPSA) is 81.5 Å². The number of amides is 1. The van der Waals surface area contributed by atoms with Crippen LogP contribution in [0, 0.1) is 10.1 Å². The Labute approximate surface area is 154 Å². The van der Waals surface area contributed by atoms with Gasteiger partial charge in [-0.1, -0.05) is 18.5 Å². The molecule has 1 atom stereocenters. The number of nitro groups is 1. The molecule has 1 N–H and O–H groups in total. The molecule has 0 saturated heterocycles. The maximum Gasteiger partial charge on any atom is 0.271 e. The molecule has 2 aromatic carbocycles. The van der Waals surface area contributed by atoms with Gasteiger partial charge in [-0.25, -0.2) is 0 Å². The lowest BCUT2D eigenvalue weighted by Gasteiger charge is -2.16. The Morgan fingerprint density at radius 3 is 2.56 bits per heavy atom. The first kappa shape index (κ1) is 19.1. The van der Waals surface area contributed by atoms with Gasteiger partial charge in [-0.15, -0.1) is 11.8 Å². The number of hydrogen-bond acceptors (Lipinski definition) is 5. The minimum atomic E-state index is -0.519. The summed E-state index contributed by atoms with van der Waals surface area (Å²) in [5, 5.41) is 13.9. The number of nitrogens with one attached hydrogen (secondary N) is 1. The van der Waals surface area contributed by atoms with Gasteiger partial charge < -0.3 is 10.1 Å². The summed E-state index contributed by atoms with van der Waals surface area (Å²) in [6.45, 7) is 1.90. The van der Waals surface area contributed by atoms with Crippen LogP contribution >= 0.6 is 23.4 Å². The predicted octanol–water partition coefficient (Wildman–Crippen LogP) is 4.77. The number of nitro benzene ring substituents is 1. The van der Waals surface area contributed by atoms with Crippen LogP contribution in [-0.4, -0.2) is 23.2 Å². The third-order valence-corrected chi connectivity index (χ3v) is 5.04. The molecule has 0 aliphatic carbocycles. The number of carbonyl (C=O) groups excluding carboxylic acids is 1. The molecule has 0 spiro atoms. The van der Waals surface area contributed by atoms with Crippen LogP contribution < -0.4 is 10.1 Å². The number of anilines is 1. The number of benzene rings is 2. The monoisotopic (exact) mass is 380 g/mol. The van der Waals surface area contributed by atoms with Crippen LogP contribution in [0.1, 0.15) is 13.3 Å². The number of nitrogens with zero attached hydrogens (tertiary/aromatic N) is 1. The minimum Gasteiger partial charge on any atom is -0.495 e. The molecule has 0 aromatic heterocycles. The van der Waals surface area contributed by atoms with Gasteiger partial charge in [-0.3, -0.25) is 14.9 Å². The lowest BCUT2D eigenvalue weighted by atomic mass is 10.2. The van der Waals surface area contributed by atoms with Crippen molar-refractivity contribution in [2.24, 2.45) is 0 Å². The van der Waals surface area contributed by atoms with Crippen molar-refractivity contribution in [1.82, 2.24) is 0 Å². The molecule has 8 heteroatoms. The van der Waals surface area contributed by atoms with Crippen molar-refractivity contribution in [3.05, 3.63) is 57.6 Å². The van der Waals surface area contributed by atoms with E-state index in [4.69, 9.17) is 16.3 Å². The number of non-ortho nitro benzene ring substituents is 1. The molecule has 0 aliphatic heterocycles. The van der Waals surface area contributed by atoms with Crippen molar-refractivity contribution >= 4 is 40.6 Å². The first-order chi connectivity index (χ1) is 11.9. The van der Waals surface area contributed by atoms with E-state index in [0.717, 1.165) is 4.90 Å². The van der Waals surface area contributed by atoms with Gasteiger partial charge >= 0.3 is 0 Å². The smallest absolute Gasteiger partial charge is 0.271 e. The molecule has 2 aromatic rings. The molecule has 2 rings (SSSR count). The van der Waals surface area contributed by atoms with Crippen LogP contribution in [0.4, 0.5) is 11.4 Å². The molecule has 25 heavy (non-hydrogen) atoms. The Hall–Kier alpha value is -2.25. The Morgan fingerprint density at radius 2 is 2.00 bits per heavy atom. The van der Waals surface area contributed by atoms with Gasteiger partial charge in [-0.05, 0) is 36.8 Å². The third-order valence-electron chi connectivity index (χ3n) is 3.41. The Kier molecular flexibility index (Phi) is 6.66. The van der Waals surface area contributed by atoms with E-state index in [-0.39, 0.29) is 22.5 Å². The normalized spacial score (nSPS) is 11.6. The standard InChI is InChI=1S/C17H17ClN2O4S/c1-3-16(25-13-7-4-11(18)5-8-13)17(21)19-14-10-12(20(22)23)6-9-15(14)24-2/h4-10,16H,3H2,1-2H3,(H,19,21). The number of carbonyl (C=O) groups is 1. The molecule has 0 fully saturated rings. The zero-order valence-corrected chi connectivity index (χ0v) is 15.3. The van der Waals surface area contributed by atoms with E-state index >= 15 is 0 Å². The van der Waals surface area contributed by atoms with Crippen LogP contribution in [-0.2, 0) is 4.79 Å². The molecule has 0 heterocycles. The summed E-state index contributed by atoms with van der Waals surface area (Å²) >= 11 is 7.27. The molecule has 0 bridgehead atoms. The van der Waals surface area contributed by atoms with E-state index in [1.807, 2.05) is 19.1 Å². The first-order valence-corrected chi connectivity index (χ1v) is 8.76. The van der Waals surface area contributed by atoms with Crippen molar-refractivity contribution in [1.29, 1.82) is 0 Å². The zero-order valence-electron chi connectivity index (χ0n) is 13.7. The summed E-state index contributed by atoms with van der Waals surface area (Å²) in [7, 11) is 1.44. The third kappa shape index (κ3) is 5.11. The molecule has 0 saturated carbocycles. The first-order valence-electron chi connectivity index (χ1n) is 7.50. The van der Waals surface area contributed by atoms with E-state index < -0.39 is 4.92 Å². The van der Waals surface area contributed by atoms with Gasteiger partial charge in [-0.2, -0.15) is 0 Å². The quantitative estimate of drug-likeness (QED) is 0.425. The molecule has 1 unspecified atom stereocenters. The van der Waals surface area contributed by atoms with Crippen molar-refractivity contribution in [3.8, 4) is 5.75 Å². The molecular formula is C17H17ClN2O4S. The predicted molar refractivity (Wildman–Crippen MR) is 99.7 cm³/mol. The summed E-state index contributed by atoms with van der Waals surface area (Å²) < 4.78 is 5.17. The van der Waals surface area contributed by atoms with Gasteiger partial charge in [0.1, 0.15) is 5.75 Å². The average molecular weight is 381 g/mol. The molecule has 132 valence electrons. The van der Waals surface area contributed by atoms with E-state index in [1.54, 1.807) is 12.1 Å². The van der Waals surface area contributed by atoms with E-state index in [2.05, 4.69) is 5.32 Å². The largest absolute Gasteiger partial charge is 0.495 e. The Bertz CT molecular complexity index is 768. The summed E-state index contributed by atoms with van der Waals surface area (Å²) in [6, 6.07) is 11.3. The number of hydrogen-bond donors (Lipinski definition) is 1. The van der Waals surface area contributed by atoms with Gasteiger partial charge in [0.05, 0.1) is 23.0 Å². The number of methoxy groups -OCH3 is 1. The molecule has 0 aliphatic rings. The van der Waals surface area contributed by atoms with Crippen LogP contribution in [0.5, 0.6) is 5.75 Å². The lowest BCUT2D eigenvalue weighted by Crippen LogP contribution is -2.24. The van der Waals surface area contributed by atoms with Crippen LogP contribution in [0.15, 0.2) is 47.4 Å². The number of thioether (sulfide) groups is 1. The SMILES string of the molecule is CCC(Sc1ccc(Cl)cc1)C(=O)Nc1cc([N+](=O)[O-])ccc1OC. The maximum atomic E-state index is 12.6. The Morgan fingerprint density at radius 1 is 1.32 bits per heavy atom. The molecule has 6 nitrogen and oxygen atoms in total. The summed E-state index contributed by atoms with van der Waals surface area (Å²) in [5.41, 5.74) is 0.159. The highest BCUT2D eigenvalue weighted by atomic mass is 35.5. The van der Waals surface area contributed by atoms with Crippen molar-refractivity contribution < 1.29 is 14.5 Å². The van der Waals surface area contributed by atoms with Crippen LogP contribution in [0.2, 0.25) is 5.02 Å². The van der Waals surface area contributed by atoms with Gasteiger partial charge in [0.2, 0.25) is 5.91 Å². The van der Waals surface area contributed by atoms with E-state index in [9.17, 15) is 14.9 Å². The van der Waals surface area contributed by atoms with Gasteiger partial charge in [0.15, 0.2) is 0 Å². The fourth-order valence-electron chi connectivity index (χ4n) is 2.12. The van der Waals surface area contributed by atoms with Gasteiger partial charge in [0, 0.05) is 22.1 Å². The van der Waals surface area contributed by atoms with Crippen LogP contribution in [0.3, 0.4) is 0 Å². The second-order valence-electron chi connectivity index (χ2n) is 5.10. The van der Waals surface area contributed by atoms with E-state index in [0.29, 0.717) is 17.2 Å². The van der Waals surface area contributed by atoms with Gasteiger partial charge in [0.25, 0.3) is 5.69 Å². The zero-order chi connectivity index (χ0) is 18.4. The highest BCUT2D eigenvalue weighted by Gasteiger charge is 2.21. The fraction of sp³-hybridized carbons (Fsp3) is 0.235. The van der Waals surface area contributed by atoms with Crippen molar-refractivity contribution in [2.45, 2.75) is 23.5 Å². The second-order valence-corrected chi connectivity index (χ2v) is 6.81. The number of rotatable bonds is 7. The fourth-order valence-corrected chi connectivity index (χ4v) is 3.20. The summed E-state index contributed by atoms with van der Waals surface area (Å²) in [5.74, 6) is 0.117. The lowest BCUT2D eigenvalue weighted by molar-refractivity contribution is -0.384. The highest BCUT2D eigenvalue weighted by Crippen LogP contribution is 2.31.